The molecule has 0 aliphatic heterocycles. The highest BCUT2D eigenvalue weighted by Gasteiger charge is 2.43. The first kappa shape index (κ1) is 25.1. The molecule has 0 aliphatic carbocycles. The van der Waals surface area contributed by atoms with E-state index in [0.29, 0.717) is 25.6 Å². The number of primary amides is 1. The highest BCUT2D eigenvalue weighted by atomic mass is 16.5. The number of carbonyl (C=O) groups excluding carboxylic acids is 1. The summed E-state index contributed by atoms with van der Waals surface area (Å²) in [5, 5.41) is 0. The summed E-state index contributed by atoms with van der Waals surface area (Å²) in [5.74, 6) is 0.628. The second-order valence-corrected chi connectivity index (χ2v) is 8.18. The molecule has 0 fully saturated rings. The van der Waals surface area contributed by atoms with Crippen molar-refractivity contribution in [1.29, 1.82) is 0 Å². The van der Waals surface area contributed by atoms with Crippen LogP contribution in [0.2, 0.25) is 0 Å². The van der Waals surface area contributed by atoms with Crippen molar-refractivity contribution < 1.29 is 19.0 Å². The molecule has 0 bridgehead atoms. The Hall–Kier alpha value is -0.850. The molecule has 4 unspecified atom stereocenters. The molecule has 156 valence electrons. The van der Waals surface area contributed by atoms with Gasteiger partial charge in [0.1, 0.15) is 5.72 Å². The summed E-state index contributed by atoms with van der Waals surface area (Å²) in [5.41, 5.74) is 10.1. The molecule has 0 saturated heterocycles. The van der Waals surface area contributed by atoms with Crippen LogP contribution in [0.5, 0.6) is 0 Å². The molecule has 0 aromatic heterocycles. The minimum atomic E-state index is -0.784. The van der Waals surface area contributed by atoms with E-state index in [2.05, 4.69) is 34.6 Å². The summed E-state index contributed by atoms with van der Waals surface area (Å²) in [7, 11) is 0. The molecule has 4 atom stereocenters. The van der Waals surface area contributed by atoms with Crippen LogP contribution in [0.4, 0.5) is 4.79 Å². The van der Waals surface area contributed by atoms with Crippen LogP contribution >= 0.6 is 0 Å². The van der Waals surface area contributed by atoms with Gasteiger partial charge in [-0.2, -0.15) is 0 Å². The van der Waals surface area contributed by atoms with Gasteiger partial charge in [0.05, 0.1) is 18.8 Å². The third-order valence-corrected chi connectivity index (χ3v) is 6.05. The SMILES string of the molecule is CCC(C)CCOC(C)(N)C(C)(CC)COC(C)(CC)CCOC(N)=O. The third-order valence-electron chi connectivity index (χ3n) is 6.05. The van der Waals surface area contributed by atoms with Crippen molar-refractivity contribution in [3.05, 3.63) is 0 Å². The van der Waals surface area contributed by atoms with Gasteiger partial charge < -0.3 is 25.7 Å². The van der Waals surface area contributed by atoms with Crippen LogP contribution in [0.1, 0.15) is 80.6 Å². The van der Waals surface area contributed by atoms with Crippen LogP contribution in [0.3, 0.4) is 0 Å². The second-order valence-electron chi connectivity index (χ2n) is 8.18. The Morgan fingerprint density at radius 3 is 2.12 bits per heavy atom. The quantitative estimate of drug-likeness (QED) is 0.444. The molecule has 6 heteroatoms. The maximum Gasteiger partial charge on any atom is 0.404 e. The van der Waals surface area contributed by atoms with E-state index in [9.17, 15) is 4.79 Å². The molecule has 0 radical (unpaired) electrons. The van der Waals surface area contributed by atoms with Gasteiger partial charge in [-0.05, 0) is 39.0 Å². The number of hydrogen-bond donors (Lipinski definition) is 2. The van der Waals surface area contributed by atoms with Gasteiger partial charge in [-0.25, -0.2) is 4.79 Å². The van der Waals surface area contributed by atoms with Gasteiger partial charge in [0, 0.05) is 18.4 Å². The summed E-state index contributed by atoms with van der Waals surface area (Å²) in [4.78, 5) is 10.8. The van der Waals surface area contributed by atoms with Crippen LogP contribution in [0.25, 0.3) is 0 Å². The highest BCUT2D eigenvalue weighted by molar-refractivity contribution is 5.64. The molecule has 1 amide bonds. The van der Waals surface area contributed by atoms with Crippen LogP contribution in [-0.2, 0) is 14.2 Å². The molecule has 0 spiro atoms. The zero-order valence-electron chi connectivity index (χ0n) is 18.0. The van der Waals surface area contributed by atoms with Gasteiger partial charge in [0.25, 0.3) is 0 Å². The second kappa shape index (κ2) is 11.1. The lowest BCUT2D eigenvalue weighted by Crippen LogP contribution is -2.56. The minimum Gasteiger partial charge on any atom is -0.450 e. The van der Waals surface area contributed by atoms with E-state index in [1.54, 1.807) is 0 Å². The highest BCUT2D eigenvalue weighted by Crippen LogP contribution is 2.36. The maximum absolute atomic E-state index is 10.8. The molecule has 0 saturated carbocycles. The molecule has 0 rings (SSSR count). The van der Waals surface area contributed by atoms with Crippen molar-refractivity contribution in [2.45, 2.75) is 91.9 Å². The van der Waals surface area contributed by atoms with Gasteiger partial charge >= 0.3 is 6.09 Å². The summed E-state index contributed by atoms with van der Waals surface area (Å²) in [6.45, 7) is 16.0. The standard InChI is InChI=1S/C20H42N2O4/c1-8-16(4)11-13-25-20(7,22)18(5,9-2)15-26-19(6,10-3)12-14-24-17(21)23/h16H,8-15,22H2,1-7H3,(H2,21,23). The molecule has 0 aromatic carbocycles. The van der Waals surface area contributed by atoms with Gasteiger partial charge in [-0.1, -0.05) is 41.0 Å². The van der Waals surface area contributed by atoms with Crippen molar-refractivity contribution in [1.82, 2.24) is 0 Å². The van der Waals surface area contributed by atoms with Crippen LogP contribution in [0, 0.1) is 11.3 Å². The Labute approximate surface area is 160 Å². The molecule has 0 aromatic rings. The molecule has 0 aliphatic rings. The minimum absolute atomic E-state index is 0.244. The smallest absolute Gasteiger partial charge is 0.404 e. The molecule has 26 heavy (non-hydrogen) atoms. The Bertz CT molecular complexity index is 417. The zero-order valence-corrected chi connectivity index (χ0v) is 18.0. The average molecular weight is 375 g/mol. The van der Waals surface area contributed by atoms with Gasteiger partial charge in [0.15, 0.2) is 0 Å². The number of hydrogen-bond acceptors (Lipinski definition) is 5. The number of rotatable bonds is 14. The van der Waals surface area contributed by atoms with Gasteiger partial charge in [0.2, 0.25) is 0 Å². The molecular weight excluding hydrogens is 332 g/mol. The lowest BCUT2D eigenvalue weighted by molar-refractivity contribution is -0.170. The van der Waals surface area contributed by atoms with Crippen molar-refractivity contribution in [2.75, 3.05) is 19.8 Å². The Balaban J connectivity index is 4.81. The van der Waals surface area contributed by atoms with E-state index in [1.165, 1.54) is 0 Å². The Kier molecular flexibility index (Phi) is 10.7. The number of amides is 1. The topological polar surface area (TPSA) is 96.8 Å². The fourth-order valence-corrected chi connectivity index (χ4v) is 2.50. The molecular formula is C20H42N2O4. The number of nitrogens with two attached hydrogens (primary N) is 2. The normalized spacial score (nSPS) is 19.8. The van der Waals surface area contributed by atoms with E-state index >= 15 is 0 Å². The van der Waals surface area contributed by atoms with E-state index in [0.717, 1.165) is 25.7 Å². The first-order valence-corrected chi connectivity index (χ1v) is 9.94. The lowest BCUT2D eigenvalue weighted by atomic mass is 9.78. The van der Waals surface area contributed by atoms with Crippen molar-refractivity contribution in [3.8, 4) is 0 Å². The maximum atomic E-state index is 10.8. The lowest BCUT2D eigenvalue weighted by Gasteiger charge is -2.45. The third kappa shape index (κ3) is 8.23. The van der Waals surface area contributed by atoms with Gasteiger partial charge in [-0.15, -0.1) is 0 Å². The fourth-order valence-electron chi connectivity index (χ4n) is 2.50. The Morgan fingerprint density at radius 2 is 1.65 bits per heavy atom. The summed E-state index contributed by atoms with van der Waals surface area (Å²) >= 11 is 0. The van der Waals surface area contributed by atoms with E-state index in [4.69, 9.17) is 25.7 Å². The van der Waals surface area contributed by atoms with Crippen LogP contribution < -0.4 is 11.5 Å². The van der Waals surface area contributed by atoms with Crippen molar-refractivity contribution in [3.63, 3.8) is 0 Å². The van der Waals surface area contributed by atoms with Gasteiger partial charge in [-0.3, -0.25) is 0 Å². The first-order chi connectivity index (χ1) is 11.9. The van der Waals surface area contributed by atoms with Crippen LogP contribution in [0.15, 0.2) is 0 Å². The van der Waals surface area contributed by atoms with E-state index in [-0.39, 0.29) is 12.0 Å². The zero-order chi connectivity index (χ0) is 20.4. The number of ether oxygens (including phenoxy) is 3. The number of carbonyl (C=O) groups is 1. The molecule has 4 N–H and O–H groups in total. The summed E-state index contributed by atoms with van der Waals surface area (Å²) in [6, 6.07) is 0. The predicted molar refractivity (Wildman–Crippen MR) is 106 cm³/mol. The summed E-state index contributed by atoms with van der Waals surface area (Å²) < 4.78 is 17.2. The van der Waals surface area contributed by atoms with Crippen molar-refractivity contribution in [2.24, 2.45) is 22.8 Å². The Morgan fingerprint density at radius 1 is 1.04 bits per heavy atom. The van der Waals surface area contributed by atoms with E-state index < -0.39 is 17.4 Å². The molecule has 0 heterocycles. The average Bonchev–Trinajstić information content (AvgIpc) is 2.58. The van der Waals surface area contributed by atoms with E-state index in [1.807, 2.05) is 13.8 Å². The summed E-state index contributed by atoms with van der Waals surface area (Å²) in [6.07, 6.45) is 3.60. The first-order valence-electron chi connectivity index (χ1n) is 9.94. The molecule has 6 nitrogen and oxygen atoms in total. The largest absolute Gasteiger partial charge is 0.450 e. The van der Waals surface area contributed by atoms with Crippen LogP contribution in [-0.4, -0.2) is 37.2 Å². The predicted octanol–water partition coefficient (Wildman–Crippen LogP) is 4.20. The van der Waals surface area contributed by atoms with Crippen molar-refractivity contribution >= 4 is 6.09 Å². The fraction of sp³-hybridized carbons (Fsp3) is 0.950. The monoisotopic (exact) mass is 374 g/mol.